The Kier molecular flexibility index (Phi) is 6.53. The van der Waals surface area contributed by atoms with Gasteiger partial charge in [-0.05, 0) is 72.9 Å². The Hall–Kier alpha value is -3.23. The molecule has 3 aromatic rings. The third-order valence-corrected chi connectivity index (χ3v) is 6.95. The maximum atomic E-state index is 12.9. The molecule has 1 heterocycles. The maximum absolute atomic E-state index is 12.9. The van der Waals surface area contributed by atoms with E-state index in [4.69, 9.17) is 4.74 Å². The molecule has 1 aliphatic carbocycles. The molecule has 2 aromatic carbocycles. The van der Waals surface area contributed by atoms with Crippen molar-refractivity contribution in [1.82, 2.24) is 9.71 Å². The minimum Gasteiger partial charge on any atom is -0.495 e. The molecule has 0 fully saturated rings. The van der Waals surface area contributed by atoms with Crippen molar-refractivity contribution in [2.75, 3.05) is 19.0 Å². The van der Waals surface area contributed by atoms with Crippen molar-refractivity contribution in [3.05, 3.63) is 83.2 Å². The molecule has 166 valence electrons. The van der Waals surface area contributed by atoms with Gasteiger partial charge in [0.05, 0.1) is 7.11 Å². The lowest BCUT2D eigenvalue weighted by Gasteiger charge is -2.13. The summed E-state index contributed by atoms with van der Waals surface area (Å²) >= 11 is 0. The van der Waals surface area contributed by atoms with E-state index < -0.39 is 10.0 Å². The summed E-state index contributed by atoms with van der Waals surface area (Å²) in [5, 5.41) is 2.87. The lowest BCUT2D eigenvalue weighted by atomic mass is 10.1. The molecule has 1 amide bonds. The van der Waals surface area contributed by atoms with Gasteiger partial charge in [0, 0.05) is 36.1 Å². The second-order valence-corrected chi connectivity index (χ2v) is 9.36. The highest BCUT2D eigenvalue weighted by atomic mass is 32.2. The molecule has 0 unspecified atom stereocenters. The van der Waals surface area contributed by atoms with Crippen LogP contribution in [0, 0.1) is 0 Å². The van der Waals surface area contributed by atoms with Crippen molar-refractivity contribution in [1.29, 1.82) is 0 Å². The van der Waals surface area contributed by atoms with Gasteiger partial charge in [0.25, 0.3) is 5.91 Å². The highest BCUT2D eigenvalue weighted by Crippen LogP contribution is 2.27. The summed E-state index contributed by atoms with van der Waals surface area (Å²) in [6, 6.07) is 15.8. The first-order valence-corrected chi connectivity index (χ1v) is 12.0. The number of amides is 1. The fraction of sp³-hybridized carbons (Fsp3) is 0.250. The van der Waals surface area contributed by atoms with E-state index in [-0.39, 0.29) is 28.7 Å². The predicted octanol–water partition coefficient (Wildman–Crippen LogP) is 3.35. The van der Waals surface area contributed by atoms with Crippen LogP contribution < -0.4 is 14.8 Å². The average Bonchev–Trinajstić information content (AvgIpc) is 3.27. The molecule has 0 radical (unpaired) electrons. The van der Waals surface area contributed by atoms with Crippen LogP contribution in [0.4, 0.5) is 5.69 Å². The normalized spacial score (nSPS) is 12.9. The Morgan fingerprint density at radius 3 is 2.69 bits per heavy atom. The predicted molar refractivity (Wildman–Crippen MR) is 123 cm³/mol. The van der Waals surface area contributed by atoms with Crippen LogP contribution in [0.2, 0.25) is 0 Å². The van der Waals surface area contributed by atoms with Crippen molar-refractivity contribution < 1.29 is 17.9 Å². The number of anilines is 1. The van der Waals surface area contributed by atoms with Crippen LogP contribution in [-0.2, 0) is 29.3 Å². The number of sulfonamides is 1. The van der Waals surface area contributed by atoms with Crippen molar-refractivity contribution in [3.63, 3.8) is 0 Å². The molecule has 32 heavy (non-hydrogen) atoms. The van der Waals surface area contributed by atoms with Gasteiger partial charge >= 0.3 is 0 Å². The second kappa shape index (κ2) is 9.50. The lowest BCUT2D eigenvalue weighted by molar-refractivity contribution is 0.102. The highest BCUT2D eigenvalue weighted by molar-refractivity contribution is 7.89. The number of hydrogen-bond acceptors (Lipinski definition) is 5. The molecule has 7 nitrogen and oxygen atoms in total. The van der Waals surface area contributed by atoms with Gasteiger partial charge in [0.15, 0.2) is 0 Å². The third-order valence-electron chi connectivity index (χ3n) is 5.47. The van der Waals surface area contributed by atoms with Crippen molar-refractivity contribution in [2.24, 2.45) is 0 Å². The summed E-state index contributed by atoms with van der Waals surface area (Å²) < 4.78 is 33.6. The number of ether oxygens (including phenoxy) is 1. The molecule has 0 saturated heterocycles. The van der Waals surface area contributed by atoms with E-state index in [1.807, 2.05) is 30.3 Å². The zero-order valence-electron chi connectivity index (χ0n) is 17.8. The number of aryl methyl sites for hydroxylation is 2. The number of rotatable bonds is 8. The van der Waals surface area contributed by atoms with E-state index in [0.717, 1.165) is 25.0 Å². The van der Waals surface area contributed by atoms with Crippen LogP contribution in [0.1, 0.15) is 33.6 Å². The molecule has 8 heteroatoms. The number of hydrogen-bond donors (Lipinski definition) is 2. The molecular formula is C24H25N3O4S. The smallest absolute Gasteiger partial charge is 0.255 e. The summed E-state index contributed by atoms with van der Waals surface area (Å²) in [5.74, 6) is -0.208. The number of fused-ring (bicyclic) bond motifs is 1. The summed E-state index contributed by atoms with van der Waals surface area (Å²) in [7, 11) is -2.50. The Morgan fingerprint density at radius 2 is 1.91 bits per heavy atom. The minimum absolute atomic E-state index is 0.0809. The quantitative estimate of drug-likeness (QED) is 0.547. The van der Waals surface area contributed by atoms with Crippen LogP contribution in [0.15, 0.2) is 65.7 Å². The zero-order valence-corrected chi connectivity index (χ0v) is 18.6. The van der Waals surface area contributed by atoms with Crippen molar-refractivity contribution in [3.8, 4) is 5.75 Å². The fourth-order valence-corrected chi connectivity index (χ4v) is 5.04. The van der Waals surface area contributed by atoms with Crippen LogP contribution in [0.3, 0.4) is 0 Å². The van der Waals surface area contributed by atoms with E-state index in [0.29, 0.717) is 12.1 Å². The van der Waals surface area contributed by atoms with Crippen LogP contribution in [0.25, 0.3) is 0 Å². The van der Waals surface area contributed by atoms with Gasteiger partial charge in [0.2, 0.25) is 10.0 Å². The van der Waals surface area contributed by atoms with Crippen LogP contribution >= 0.6 is 0 Å². The molecular weight excluding hydrogens is 426 g/mol. The highest BCUT2D eigenvalue weighted by Gasteiger charge is 2.22. The number of aromatic nitrogens is 1. The van der Waals surface area contributed by atoms with Crippen molar-refractivity contribution in [2.45, 2.75) is 30.6 Å². The number of benzene rings is 2. The van der Waals surface area contributed by atoms with E-state index in [2.05, 4.69) is 15.0 Å². The summed E-state index contributed by atoms with van der Waals surface area (Å²) in [5.41, 5.74) is 4.28. The average molecular weight is 452 g/mol. The van der Waals surface area contributed by atoms with Gasteiger partial charge in [-0.15, -0.1) is 0 Å². The first-order valence-electron chi connectivity index (χ1n) is 10.5. The SMILES string of the molecule is COc1ccc(C(=O)Nc2ccc3c(c2)CCC3)cc1S(=O)(=O)NCCc1ccccn1. The second-order valence-electron chi connectivity index (χ2n) is 7.63. The Labute approximate surface area is 187 Å². The van der Waals surface area contributed by atoms with E-state index >= 15 is 0 Å². The van der Waals surface area contributed by atoms with Gasteiger partial charge in [-0.2, -0.15) is 0 Å². The zero-order chi connectivity index (χ0) is 22.6. The van der Waals surface area contributed by atoms with Gasteiger partial charge in [0.1, 0.15) is 10.6 Å². The Morgan fingerprint density at radius 1 is 1.06 bits per heavy atom. The summed E-state index contributed by atoms with van der Waals surface area (Å²) in [4.78, 5) is 16.9. The summed E-state index contributed by atoms with van der Waals surface area (Å²) in [6.07, 6.45) is 5.31. The molecule has 4 rings (SSSR count). The first-order chi connectivity index (χ1) is 15.5. The monoisotopic (exact) mass is 451 g/mol. The Bertz CT molecular complexity index is 1230. The molecule has 0 aliphatic heterocycles. The largest absolute Gasteiger partial charge is 0.495 e. The molecule has 0 spiro atoms. The molecule has 1 aliphatic rings. The molecule has 0 bridgehead atoms. The van der Waals surface area contributed by atoms with E-state index in [1.165, 1.54) is 30.4 Å². The van der Waals surface area contributed by atoms with Gasteiger partial charge in [-0.1, -0.05) is 12.1 Å². The molecule has 0 saturated carbocycles. The molecule has 1 aromatic heterocycles. The molecule has 0 atom stereocenters. The number of nitrogens with zero attached hydrogens (tertiary/aromatic N) is 1. The van der Waals surface area contributed by atoms with E-state index in [1.54, 1.807) is 18.3 Å². The topological polar surface area (TPSA) is 97.4 Å². The first kappa shape index (κ1) is 22.0. The lowest BCUT2D eigenvalue weighted by Crippen LogP contribution is -2.27. The third kappa shape index (κ3) is 4.98. The van der Waals surface area contributed by atoms with Crippen molar-refractivity contribution >= 4 is 21.6 Å². The van der Waals surface area contributed by atoms with Crippen LogP contribution in [0.5, 0.6) is 5.75 Å². The number of pyridine rings is 1. The fourth-order valence-electron chi connectivity index (χ4n) is 3.82. The number of carbonyl (C=O) groups excluding carboxylic acids is 1. The standard InChI is InChI=1S/C24H25N3O4S/c1-31-22-11-9-19(24(28)27-21-10-8-17-5-4-6-18(17)15-21)16-23(22)32(29,30)26-14-12-20-7-2-3-13-25-20/h2-3,7-11,13,15-16,26H,4-6,12,14H2,1H3,(H,27,28). The van der Waals surface area contributed by atoms with E-state index in [9.17, 15) is 13.2 Å². The number of carbonyl (C=O) groups is 1. The van der Waals surface area contributed by atoms with Crippen LogP contribution in [-0.4, -0.2) is 33.0 Å². The Balaban J connectivity index is 1.50. The minimum atomic E-state index is -3.89. The summed E-state index contributed by atoms with van der Waals surface area (Å²) in [6.45, 7) is 0.175. The van der Waals surface area contributed by atoms with Gasteiger partial charge in [-0.3, -0.25) is 9.78 Å². The van der Waals surface area contributed by atoms with Gasteiger partial charge < -0.3 is 10.1 Å². The number of nitrogens with one attached hydrogen (secondary N) is 2. The maximum Gasteiger partial charge on any atom is 0.255 e. The number of methoxy groups -OCH3 is 1. The molecule has 2 N–H and O–H groups in total. The van der Waals surface area contributed by atoms with Gasteiger partial charge in [-0.25, -0.2) is 13.1 Å².